The van der Waals surface area contributed by atoms with Gasteiger partial charge in [-0.3, -0.25) is 5.41 Å². The lowest BCUT2D eigenvalue weighted by molar-refractivity contribution is 0.896. The molecule has 0 amide bonds. The molecule has 0 unspecified atom stereocenters. The number of rotatable bonds is 4. The highest BCUT2D eigenvalue weighted by Gasteiger charge is 1.94. The van der Waals surface area contributed by atoms with E-state index in [-0.39, 0.29) is 5.96 Å². The molecule has 1 rings (SSSR count). The van der Waals surface area contributed by atoms with Gasteiger partial charge in [0.15, 0.2) is 5.96 Å². The number of hydrogen-bond acceptors (Lipinski definition) is 1. The fraction of sp³-hybridized carbons (Fsp3) is 0.273. The molecule has 0 spiro atoms. The highest BCUT2D eigenvalue weighted by atomic mass is 15.0. The van der Waals surface area contributed by atoms with E-state index in [0.29, 0.717) is 6.54 Å². The van der Waals surface area contributed by atoms with Gasteiger partial charge < -0.3 is 11.1 Å². The van der Waals surface area contributed by atoms with Crippen LogP contribution < -0.4 is 11.1 Å². The molecule has 1 aromatic rings. The second-order valence-electron chi connectivity index (χ2n) is 3.12. The lowest BCUT2D eigenvalue weighted by Crippen LogP contribution is -2.29. The molecule has 0 heterocycles. The summed E-state index contributed by atoms with van der Waals surface area (Å²) >= 11 is 0. The molecule has 0 aliphatic carbocycles. The number of benzene rings is 1. The second-order valence-corrected chi connectivity index (χ2v) is 3.12. The summed E-state index contributed by atoms with van der Waals surface area (Å²) in [6, 6.07) is 8.22. The number of guanidine groups is 1. The first-order valence-corrected chi connectivity index (χ1v) is 4.72. The van der Waals surface area contributed by atoms with Gasteiger partial charge >= 0.3 is 0 Å². The van der Waals surface area contributed by atoms with Crippen molar-refractivity contribution in [1.82, 2.24) is 5.32 Å². The van der Waals surface area contributed by atoms with E-state index in [1.165, 1.54) is 5.56 Å². The van der Waals surface area contributed by atoms with E-state index in [0.717, 1.165) is 12.0 Å². The molecule has 1 aromatic carbocycles. The van der Waals surface area contributed by atoms with Gasteiger partial charge in [-0.25, -0.2) is 0 Å². The Morgan fingerprint density at radius 2 is 2.07 bits per heavy atom. The van der Waals surface area contributed by atoms with Crippen molar-refractivity contribution in [2.75, 3.05) is 0 Å². The largest absolute Gasteiger partial charge is 0.370 e. The van der Waals surface area contributed by atoms with Crippen LogP contribution in [0.4, 0.5) is 0 Å². The Balaban J connectivity index is 2.50. The number of nitrogens with two attached hydrogens (primary N) is 1. The third kappa shape index (κ3) is 3.47. The van der Waals surface area contributed by atoms with Crippen LogP contribution in [0.1, 0.15) is 24.5 Å². The van der Waals surface area contributed by atoms with Crippen LogP contribution in [0.15, 0.2) is 24.3 Å². The Labute approximate surface area is 84.8 Å². The third-order valence-electron chi connectivity index (χ3n) is 1.90. The molecule has 0 bridgehead atoms. The molecule has 3 nitrogen and oxygen atoms in total. The van der Waals surface area contributed by atoms with Gasteiger partial charge in [0.05, 0.1) is 0 Å². The molecule has 0 aliphatic heterocycles. The van der Waals surface area contributed by atoms with Crippen LogP contribution in [0.2, 0.25) is 0 Å². The molecule has 0 aliphatic rings. The molecular formula is C11H16N3. The molecule has 0 aromatic heterocycles. The van der Waals surface area contributed by atoms with Crippen molar-refractivity contribution >= 4 is 5.96 Å². The van der Waals surface area contributed by atoms with Crippen molar-refractivity contribution in [3.8, 4) is 0 Å². The van der Waals surface area contributed by atoms with E-state index in [2.05, 4.69) is 30.8 Å². The summed E-state index contributed by atoms with van der Waals surface area (Å²) in [5.41, 5.74) is 7.55. The molecule has 3 heteroatoms. The van der Waals surface area contributed by atoms with Crippen LogP contribution in [0.5, 0.6) is 0 Å². The third-order valence-corrected chi connectivity index (χ3v) is 1.90. The summed E-state index contributed by atoms with van der Waals surface area (Å²) in [4.78, 5) is 0. The van der Waals surface area contributed by atoms with E-state index in [1.54, 1.807) is 0 Å². The summed E-state index contributed by atoms with van der Waals surface area (Å²) in [5, 5.41) is 9.78. The lowest BCUT2D eigenvalue weighted by Gasteiger charge is -2.04. The first kappa shape index (κ1) is 10.6. The minimum atomic E-state index is 0.00852. The zero-order chi connectivity index (χ0) is 10.4. The minimum Gasteiger partial charge on any atom is -0.370 e. The zero-order valence-electron chi connectivity index (χ0n) is 8.38. The van der Waals surface area contributed by atoms with E-state index >= 15 is 0 Å². The molecule has 1 radical (unpaired) electrons. The smallest absolute Gasteiger partial charge is 0.185 e. The van der Waals surface area contributed by atoms with Crippen LogP contribution in [0, 0.1) is 11.8 Å². The summed E-state index contributed by atoms with van der Waals surface area (Å²) < 4.78 is 0. The zero-order valence-corrected chi connectivity index (χ0v) is 8.38. The summed E-state index contributed by atoms with van der Waals surface area (Å²) in [5.74, 6) is 0.00852. The first-order valence-electron chi connectivity index (χ1n) is 4.72. The van der Waals surface area contributed by atoms with E-state index in [1.807, 2.05) is 12.1 Å². The lowest BCUT2D eigenvalue weighted by atomic mass is 10.1. The van der Waals surface area contributed by atoms with Gasteiger partial charge in [-0.2, -0.15) is 0 Å². The van der Waals surface area contributed by atoms with Crippen molar-refractivity contribution in [3.63, 3.8) is 0 Å². The van der Waals surface area contributed by atoms with Gasteiger partial charge in [0.2, 0.25) is 0 Å². The Morgan fingerprint density at radius 3 is 2.57 bits per heavy atom. The van der Waals surface area contributed by atoms with Gasteiger partial charge in [-0.15, -0.1) is 0 Å². The van der Waals surface area contributed by atoms with E-state index < -0.39 is 0 Å². The van der Waals surface area contributed by atoms with E-state index in [4.69, 9.17) is 11.1 Å². The predicted octanol–water partition coefficient (Wildman–Crippen LogP) is 1.63. The molecule has 0 fully saturated rings. The molecule has 0 saturated heterocycles. The molecule has 4 N–H and O–H groups in total. The maximum atomic E-state index is 7.01. The van der Waals surface area contributed by atoms with Gasteiger partial charge in [0.25, 0.3) is 0 Å². The normalized spacial score (nSPS) is 9.79. The van der Waals surface area contributed by atoms with Crippen LogP contribution >= 0.6 is 0 Å². The Morgan fingerprint density at radius 1 is 1.43 bits per heavy atom. The molecular weight excluding hydrogens is 174 g/mol. The molecule has 14 heavy (non-hydrogen) atoms. The second kappa shape index (κ2) is 5.27. The topological polar surface area (TPSA) is 61.9 Å². The van der Waals surface area contributed by atoms with Crippen LogP contribution in [-0.2, 0) is 6.54 Å². The fourth-order valence-electron chi connectivity index (χ4n) is 1.20. The average Bonchev–Trinajstić information content (AvgIpc) is 2.17. The SMILES string of the molecule is CC[CH]c1ccc(CNC(=N)N)cc1. The van der Waals surface area contributed by atoms with Crippen molar-refractivity contribution in [1.29, 1.82) is 5.41 Å². The van der Waals surface area contributed by atoms with Crippen LogP contribution in [0.3, 0.4) is 0 Å². The molecule has 75 valence electrons. The molecule has 0 saturated carbocycles. The highest BCUT2D eigenvalue weighted by Crippen LogP contribution is 2.07. The van der Waals surface area contributed by atoms with Gasteiger partial charge in [0, 0.05) is 6.54 Å². The van der Waals surface area contributed by atoms with Crippen LogP contribution in [0.25, 0.3) is 0 Å². The summed E-state index contributed by atoms with van der Waals surface area (Å²) in [6.07, 6.45) is 3.22. The maximum Gasteiger partial charge on any atom is 0.185 e. The van der Waals surface area contributed by atoms with Crippen molar-refractivity contribution in [3.05, 3.63) is 41.8 Å². The van der Waals surface area contributed by atoms with E-state index in [9.17, 15) is 0 Å². The van der Waals surface area contributed by atoms with Gasteiger partial charge in [0.1, 0.15) is 0 Å². The Hall–Kier alpha value is -1.51. The Kier molecular flexibility index (Phi) is 3.98. The number of nitrogens with one attached hydrogen (secondary N) is 2. The number of hydrogen-bond donors (Lipinski definition) is 3. The average molecular weight is 190 g/mol. The maximum absolute atomic E-state index is 7.01. The summed E-state index contributed by atoms with van der Waals surface area (Å²) in [6.45, 7) is 2.73. The Bertz CT molecular complexity index is 290. The fourth-order valence-corrected chi connectivity index (χ4v) is 1.20. The van der Waals surface area contributed by atoms with Crippen molar-refractivity contribution < 1.29 is 0 Å². The monoisotopic (exact) mass is 190 g/mol. The first-order chi connectivity index (χ1) is 6.72. The predicted molar refractivity (Wildman–Crippen MR) is 58.9 cm³/mol. The minimum absolute atomic E-state index is 0.00852. The highest BCUT2D eigenvalue weighted by molar-refractivity contribution is 5.74. The van der Waals surface area contributed by atoms with Crippen LogP contribution in [-0.4, -0.2) is 5.96 Å². The van der Waals surface area contributed by atoms with Gasteiger partial charge in [-0.05, 0) is 24.0 Å². The molecule has 0 atom stereocenters. The van der Waals surface area contributed by atoms with Crippen molar-refractivity contribution in [2.24, 2.45) is 5.73 Å². The van der Waals surface area contributed by atoms with Gasteiger partial charge in [-0.1, -0.05) is 31.2 Å². The quantitative estimate of drug-likeness (QED) is 0.499. The van der Waals surface area contributed by atoms with Crippen molar-refractivity contribution in [2.45, 2.75) is 19.9 Å². The summed E-state index contributed by atoms with van der Waals surface area (Å²) in [7, 11) is 0. The standard InChI is InChI=1S/C11H16N3/c1-2-3-9-4-6-10(7-5-9)8-14-11(12)13/h3-7H,2,8H2,1H3,(H4,12,13,14).